The van der Waals surface area contributed by atoms with Crippen LogP contribution in [-0.2, 0) is 40.2 Å². The molecule has 4 aromatic rings. The Kier molecular flexibility index (Phi) is 13.5. The number of fused-ring (bicyclic) bond motifs is 1. The summed E-state index contributed by atoms with van der Waals surface area (Å²) in [6, 6.07) is 27.0. The first-order valence-corrected chi connectivity index (χ1v) is 18.3. The van der Waals surface area contributed by atoms with Crippen LogP contribution in [0.3, 0.4) is 0 Å². The highest BCUT2D eigenvalue weighted by Gasteiger charge is 2.40. The molecular formula is C43H52N4O7. The number of phenols is 1. The Morgan fingerprint density at radius 3 is 2.19 bits per heavy atom. The summed E-state index contributed by atoms with van der Waals surface area (Å²) in [5, 5.41) is 45.4. The minimum absolute atomic E-state index is 0.0428. The maximum absolute atomic E-state index is 14.3. The van der Waals surface area contributed by atoms with Gasteiger partial charge in [0, 0.05) is 19.4 Å². The molecule has 0 heterocycles. The van der Waals surface area contributed by atoms with Crippen LogP contribution in [0.2, 0.25) is 0 Å². The van der Waals surface area contributed by atoms with Gasteiger partial charge >= 0.3 is 0 Å². The van der Waals surface area contributed by atoms with Gasteiger partial charge in [-0.2, -0.15) is 0 Å². The highest BCUT2D eigenvalue weighted by molar-refractivity contribution is 5.89. The Bertz CT molecular complexity index is 1860. The van der Waals surface area contributed by atoms with E-state index in [0.717, 1.165) is 22.3 Å². The van der Waals surface area contributed by atoms with Crippen LogP contribution in [-0.4, -0.2) is 70.5 Å². The second-order valence-corrected chi connectivity index (χ2v) is 15.0. The average molecular weight is 737 g/mol. The minimum Gasteiger partial charge on any atom is -0.508 e. The number of aliphatic hydroxyl groups excluding tert-OH is 2. The maximum Gasteiger partial charge on any atom is 0.243 e. The summed E-state index contributed by atoms with van der Waals surface area (Å²) in [6.07, 6.45) is -1.43. The summed E-state index contributed by atoms with van der Waals surface area (Å²) in [5.41, 5.74) is 3.28. The van der Waals surface area contributed by atoms with Crippen LogP contribution in [0.4, 0.5) is 0 Å². The van der Waals surface area contributed by atoms with Crippen LogP contribution in [0.15, 0.2) is 103 Å². The first kappa shape index (κ1) is 40.0. The highest BCUT2D eigenvalue weighted by atomic mass is 16.5. The summed E-state index contributed by atoms with van der Waals surface area (Å²) in [5.74, 6) is -0.672. The van der Waals surface area contributed by atoms with Crippen molar-refractivity contribution in [3.63, 3.8) is 0 Å². The van der Waals surface area contributed by atoms with Crippen molar-refractivity contribution in [3.8, 4) is 11.5 Å². The van der Waals surface area contributed by atoms with Crippen molar-refractivity contribution >= 4 is 17.7 Å². The predicted octanol–water partition coefficient (Wildman–Crippen LogP) is 3.89. The number of ether oxygens (including phenoxy) is 1. The molecule has 0 saturated heterocycles. The van der Waals surface area contributed by atoms with Crippen LogP contribution < -0.4 is 26.0 Å². The van der Waals surface area contributed by atoms with Crippen molar-refractivity contribution in [2.75, 3.05) is 7.11 Å². The molecule has 0 unspecified atom stereocenters. The van der Waals surface area contributed by atoms with E-state index in [1.807, 2.05) is 87.5 Å². The molecule has 0 spiro atoms. The van der Waals surface area contributed by atoms with Gasteiger partial charge < -0.3 is 36.0 Å². The standard InChI is InChI=1S/C43H52N4O7/c1-43(2,3)40(46-36(50)23-20-29-14-9-11-17-34(29)48)42(53)45-33(24-27-12-6-5-7-13-27)39(51)38(44-26-28-18-21-31(54-4)22-19-28)41(52)47-37-32-16-10-8-15-30(32)25-35(37)49/h5-19,21-22,33,35,37-40,44,48-49,51H,20,23-26H2,1-4H3,(H,45,53)(H,46,50)(H,47,52)/t33-,35+,37-,38+,39+,40+/m0/s1. The van der Waals surface area contributed by atoms with Crippen LogP contribution in [0, 0.1) is 5.41 Å². The molecule has 1 aliphatic carbocycles. The number of nitrogens with one attached hydrogen (secondary N) is 4. The molecular weight excluding hydrogens is 684 g/mol. The molecule has 0 aliphatic heterocycles. The lowest BCUT2D eigenvalue weighted by Gasteiger charge is -2.35. The number of hydrogen-bond donors (Lipinski definition) is 7. The fourth-order valence-corrected chi connectivity index (χ4v) is 6.83. The van der Waals surface area contributed by atoms with Crippen molar-refractivity contribution in [2.45, 2.75) is 89.4 Å². The molecule has 7 N–H and O–H groups in total. The van der Waals surface area contributed by atoms with Crippen LogP contribution in [0.5, 0.6) is 11.5 Å². The molecule has 11 heteroatoms. The van der Waals surface area contributed by atoms with E-state index in [9.17, 15) is 29.7 Å². The van der Waals surface area contributed by atoms with Crippen molar-refractivity contribution in [2.24, 2.45) is 5.41 Å². The van der Waals surface area contributed by atoms with Crippen molar-refractivity contribution in [1.29, 1.82) is 0 Å². The maximum atomic E-state index is 14.3. The lowest BCUT2D eigenvalue weighted by Crippen LogP contribution is -2.62. The van der Waals surface area contributed by atoms with E-state index in [1.54, 1.807) is 43.5 Å². The Morgan fingerprint density at radius 2 is 1.50 bits per heavy atom. The third-order valence-electron chi connectivity index (χ3n) is 9.90. The molecule has 1 aliphatic rings. The summed E-state index contributed by atoms with van der Waals surface area (Å²) < 4.78 is 5.29. The Morgan fingerprint density at radius 1 is 0.833 bits per heavy atom. The summed E-state index contributed by atoms with van der Waals surface area (Å²) in [7, 11) is 1.58. The molecule has 0 aromatic heterocycles. The van der Waals surface area contributed by atoms with E-state index in [0.29, 0.717) is 17.7 Å². The molecule has 0 radical (unpaired) electrons. The van der Waals surface area contributed by atoms with Crippen molar-refractivity contribution < 1.29 is 34.4 Å². The van der Waals surface area contributed by atoms with E-state index in [2.05, 4.69) is 21.3 Å². The molecule has 11 nitrogen and oxygen atoms in total. The van der Waals surface area contributed by atoms with Crippen LogP contribution in [0.25, 0.3) is 0 Å². The number of amides is 3. The minimum atomic E-state index is -1.46. The summed E-state index contributed by atoms with van der Waals surface area (Å²) in [6.45, 7) is 5.70. The zero-order valence-electron chi connectivity index (χ0n) is 31.3. The molecule has 0 bridgehead atoms. The van der Waals surface area contributed by atoms with Gasteiger partial charge in [-0.1, -0.05) is 106 Å². The van der Waals surface area contributed by atoms with Crippen LogP contribution >= 0.6 is 0 Å². The van der Waals surface area contributed by atoms with E-state index in [1.165, 1.54) is 0 Å². The van der Waals surface area contributed by atoms with Crippen LogP contribution in [0.1, 0.15) is 61.1 Å². The number of aromatic hydroxyl groups is 1. The number of carbonyl (C=O) groups excluding carboxylic acids is 3. The largest absolute Gasteiger partial charge is 0.508 e. The van der Waals surface area contributed by atoms with E-state index < -0.39 is 53.6 Å². The topological polar surface area (TPSA) is 169 Å². The number of para-hydroxylation sites is 1. The van der Waals surface area contributed by atoms with E-state index in [-0.39, 0.29) is 37.5 Å². The lowest BCUT2D eigenvalue weighted by atomic mass is 9.85. The number of aliphatic hydroxyl groups is 2. The Labute approximate surface area is 317 Å². The number of aryl methyl sites for hydroxylation is 1. The van der Waals surface area contributed by atoms with Gasteiger partial charge in [-0.3, -0.25) is 19.7 Å². The van der Waals surface area contributed by atoms with Crippen molar-refractivity contribution in [3.05, 3.63) is 131 Å². The Hall–Kier alpha value is -5.23. The van der Waals surface area contributed by atoms with Gasteiger partial charge in [-0.25, -0.2) is 0 Å². The van der Waals surface area contributed by atoms with E-state index in [4.69, 9.17) is 4.74 Å². The van der Waals surface area contributed by atoms with Gasteiger partial charge in [-0.05, 0) is 64.3 Å². The fourth-order valence-electron chi connectivity index (χ4n) is 6.83. The number of benzene rings is 4. The number of carbonyl (C=O) groups is 3. The molecule has 0 fully saturated rings. The van der Waals surface area contributed by atoms with Gasteiger partial charge in [0.05, 0.1) is 31.4 Å². The SMILES string of the molecule is COc1ccc(CN[C@@H](C(=O)N[C@H]2c3ccccc3C[C@H]2O)[C@H](O)[C@H](Cc2ccccc2)NC(=O)[C@@H](NC(=O)CCc2ccccc2O)C(C)(C)C)cc1. The number of hydrogen-bond acceptors (Lipinski definition) is 8. The number of phenolic OH excluding ortho intramolecular Hbond substituents is 1. The number of methoxy groups -OCH3 is 1. The zero-order valence-corrected chi connectivity index (χ0v) is 31.3. The molecule has 6 atom stereocenters. The molecule has 4 aromatic carbocycles. The first-order chi connectivity index (χ1) is 25.8. The van der Waals surface area contributed by atoms with Gasteiger partial charge in [0.1, 0.15) is 23.6 Å². The van der Waals surface area contributed by atoms with Gasteiger partial charge in [-0.15, -0.1) is 0 Å². The summed E-state index contributed by atoms with van der Waals surface area (Å²) in [4.78, 5) is 41.7. The predicted molar refractivity (Wildman–Crippen MR) is 207 cm³/mol. The monoisotopic (exact) mass is 736 g/mol. The summed E-state index contributed by atoms with van der Waals surface area (Å²) >= 11 is 0. The van der Waals surface area contributed by atoms with E-state index >= 15 is 0 Å². The van der Waals surface area contributed by atoms with Gasteiger partial charge in [0.15, 0.2) is 0 Å². The lowest BCUT2D eigenvalue weighted by molar-refractivity contribution is -0.134. The smallest absolute Gasteiger partial charge is 0.243 e. The Balaban J connectivity index is 1.40. The molecule has 0 saturated carbocycles. The molecule has 54 heavy (non-hydrogen) atoms. The van der Waals surface area contributed by atoms with Crippen molar-refractivity contribution in [1.82, 2.24) is 21.3 Å². The molecule has 5 rings (SSSR count). The quantitative estimate of drug-likeness (QED) is 0.0910. The third kappa shape index (κ3) is 10.5. The number of rotatable bonds is 16. The third-order valence-corrected chi connectivity index (χ3v) is 9.90. The normalized spacial score (nSPS) is 17.4. The van der Waals surface area contributed by atoms with Gasteiger partial charge in [0.2, 0.25) is 17.7 Å². The second-order valence-electron chi connectivity index (χ2n) is 15.0. The van der Waals surface area contributed by atoms with Gasteiger partial charge in [0.25, 0.3) is 0 Å². The molecule has 286 valence electrons. The fraction of sp³-hybridized carbons (Fsp3) is 0.372. The average Bonchev–Trinajstić information content (AvgIpc) is 3.47. The highest BCUT2D eigenvalue weighted by Crippen LogP contribution is 2.31. The second kappa shape index (κ2) is 18.2. The molecule has 3 amide bonds. The first-order valence-electron chi connectivity index (χ1n) is 18.3. The zero-order chi connectivity index (χ0) is 38.8.